The standard InChI is InChI=1S/C9H12F7.U/c1-2-3-4-5-6-7(10,8(11,12)13)9(14,15)16;/h1-6H2;/q-1;. The van der Waals surface area contributed by atoms with Crippen LogP contribution in [0.1, 0.15) is 32.1 Å². The van der Waals surface area contributed by atoms with Crippen LogP contribution in [0.2, 0.25) is 0 Å². The summed E-state index contributed by atoms with van der Waals surface area (Å²) in [5.74, 6) is 0. The molecule has 17 heavy (non-hydrogen) atoms. The summed E-state index contributed by atoms with van der Waals surface area (Å²) in [6.07, 6.45) is -13.0. The molecule has 0 fully saturated rings. The molecule has 0 heterocycles. The van der Waals surface area contributed by atoms with Crippen LogP contribution in [0.15, 0.2) is 0 Å². The monoisotopic (exact) mass is 491 g/mol. The fraction of sp³-hybridized carbons (Fsp3) is 0.889. The van der Waals surface area contributed by atoms with E-state index in [0.29, 0.717) is 12.8 Å². The number of hydrogen-bond donors (Lipinski definition) is 0. The van der Waals surface area contributed by atoms with Crippen LogP contribution in [0, 0.1) is 38.0 Å². The van der Waals surface area contributed by atoms with Crippen LogP contribution in [-0.2, 0) is 0 Å². The van der Waals surface area contributed by atoms with E-state index in [4.69, 9.17) is 0 Å². The molecule has 0 radical (unpaired) electrons. The Bertz CT molecular complexity index is 194. The minimum atomic E-state index is -5.92. The molecule has 0 aliphatic heterocycles. The molecule has 0 aromatic rings. The van der Waals surface area contributed by atoms with Gasteiger partial charge in [0.1, 0.15) is 0 Å². The second-order valence-corrected chi connectivity index (χ2v) is 3.46. The molecule has 0 aliphatic carbocycles. The van der Waals surface area contributed by atoms with Crippen molar-refractivity contribution in [2.45, 2.75) is 50.1 Å². The van der Waals surface area contributed by atoms with Gasteiger partial charge in [0.2, 0.25) is 0 Å². The minimum absolute atomic E-state index is 0. The van der Waals surface area contributed by atoms with E-state index >= 15 is 0 Å². The summed E-state index contributed by atoms with van der Waals surface area (Å²) in [6, 6.07) is 0. The van der Waals surface area contributed by atoms with Crippen molar-refractivity contribution in [3.8, 4) is 0 Å². The Labute approximate surface area is 119 Å². The summed E-state index contributed by atoms with van der Waals surface area (Å²) in [5, 5.41) is 0. The normalized spacial score (nSPS) is 13.4. The van der Waals surface area contributed by atoms with Crippen LogP contribution in [0.25, 0.3) is 0 Å². The molecule has 0 nitrogen and oxygen atoms in total. The number of hydrogen-bond acceptors (Lipinski definition) is 0. The van der Waals surface area contributed by atoms with Crippen molar-refractivity contribution in [2.75, 3.05) is 0 Å². The predicted octanol–water partition coefficient (Wildman–Crippen LogP) is 4.60. The van der Waals surface area contributed by atoms with Gasteiger partial charge < -0.3 is 6.92 Å². The van der Waals surface area contributed by atoms with Crippen molar-refractivity contribution in [2.24, 2.45) is 0 Å². The summed E-state index contributed by atoms with van der Waals surface area (Å²) in [6.45, 7) is 3.38. The molecular formula is C9H12F7U-. The molecular weight excluding hydrogens is 479 g/mol. The van der Waals surface area contributed by atoms with Crippen LogP contribution in [-0.4, -0.2) is 18.0 Å². The third kappa shape index (κ3) is 5.37. The molecule has 0 spiro atoms. The van der Waals surface area contributed by atoms with Gasteiger partial charge in [-0.1, -0.05) is 12.8 Å². The van der Waals surface area contributed by atoms with E-state index < -0.39 is 30.9 Å². The summed E-state index contributed by atoms with van der Waals surface area (Å²) in [7, 11) is 0. The van der Waals surface area contributed by atoms with Gasteiger partial charge in [-0.3, -0.25) is 0 Å². The molecule has 102 valence electrons. The van der Waals surface area contributed by atoms with Crippen LogP contribution in [0.3, 0.4) is 0 Å². The van der Waals surface area contributed by atoms with Crippen molar-refractivity contribution >= 4 is 0 Å². The maximum atomic E-state index is 13.0. The van der Waals surface area contributed by atoms with Crippen molar-refractivity contribution in [3.63, 3.8) is 0 Å². The molecule has 0 aromatic carbocycles. The number of halogens is 7. The van der Waals surface area contributed by atoms with E-state index in [9.17, 15) is 30.7 Å². The molecule has 8 heteroatoms. The summed E-state index contributed by atoms with van der Waals surface area (Å²) < 4.78 is 85.0. The van der Waals surface area contributed by atoms with Crippen LogP contribution in [0.5, 0.6) is 0 Å². The van der Waals surface area contributed by atoms with Crippen molar-refractivity contribution in [1.29, 1.82) is 0 Å². The fourth-order valence-corrected chi connectivity index (χ4v) is 1.17. The third-order valence-electron chi connectivity index (χ3n) is 2.17. The van der Waals surface area contributed by atoms with E-state index in [1.165, 1.54) is 0 Å². The van der Waals surface area contributed by atoms with Gasteiger partial charge in [0.25, 0.3) is 5.67 Å². The van der Waals surface area contributed by atoms with E-state index in [1.807, 2.05) is 0 Å². The first-order chi connectivity index (χ1) is 7.06. The van der Waals surface area contributed by atoms with E-state index in [0.717, 1.165) is 0 Å². The summed E-state index contributed by atoms with van der Waals surface area (Å²) in [4.78, 5) is 0. The molecule has 0 rings (SSSR count). The average molecular weight is 491 g/mol. The van der Waals surface area contributed by atoms with Gasteiger partial charge in [-0.05, 0) is 12.8 Å². The third-order valence-corrected chi connectivity index (χ3v) is 2.17. The Morgan fingerprint density at radius 1 is 0.706 bits per heavy atom. The Morgan fingerprint density at radius 2 is 1.12 bits per heavy atom. The smallest absolute Gasteiger partial charge is 0.343 e. The van der Waals surface area contributed by atoms with Gasteiger partial charge in [-0.25, -0.2) is 4.39 Å². The van der Waals surface area contributed by atoms with Gasteiger partial charge in [0.05, 0.1) is 0 Å². The zero-order valence-electron chi connectivity index (χ0n) is 8.89. The van der Waals surface area contributed by atoms with E-state index in [1.54, 1.807) is 0 Å². The molecule has 0 bridgehead atoms. The molecule has 0 saturated carbocycles. The Hall–Kier alpha value is 0.562. The number of alkyl halides is 7. The first-order valence-electron chi connectivity index (χ1n) is 4.68. The molecule has 0 N–H and O–H groups in total. The van der Waals surface area contributed by atoms with Crippen LogP contribution >= 0.6 is 0 Å². The van der Waals surface area contributed by atoms with Crippen molar-refractivity contribution in [3.05, 3.63) is 6.92 Å². The Kier molecular flexibility index (Phi) is 8.45. The SMILES string of the molecule is [CH2-]CCCCCC(F)(C(F)(F)F)C(F)(F)F.[U]. The van der Waals surface area contributed by atoms with Gasteiger partial charge in [-0.2, -0.15) is 32.8 Å². The maximum absolute atomic E-state index is 13.0. The van der Waals surface area contributed by atoms with Crippen molar-refractivity contribution < 1.29 is 61.8 Å². The second-order valence-electron chi connectivity index (χ2n) is 3.46. The summed E-state index contributed by atoms with van der Waals surface area (Å²) in [5.41, 5.74) is -5.10. The van der Waals surface area contributed by atoms with Crippen LogP contribution < -0.4 is 0 Å². The van der Waals surface area contributed by atoms with Crippen LogP contribution in [0.4, 0.5) is 30.7 Å². The number of rotatable bonds is 5. The average Bonchev–Trinajstić information content (AvgIpc) is 2.08. The Balaban J connectivity index is 0. The van der Waals surface area contributed by atoms with Gasteiger partial charge in [0, 0.05) is 31.1 Å². The molecule has 0 unspecified atom stereocenters. The quantitative estimate of drug-likeness (QED) is 0.300. The molecule has 0 aliphatic rings. The first-order valence-corrected chi connectivity index (χ1v) is 4.68. The first kappa shape index (κ1) is 19.9. The summed E-state index contributed by atoms with van der Waals surface area (Å²) >= 11 is 0. The zero-order chi connectivity index (χ0) is 13.0. The number of unbranched alkanes of at least 4 members (excludes halogenated alkanes) is 3. The predicted molar refractivity (Wildman–Crippen MR) is 44.4 cm³/mol. The minimum Gasteiger partial charge on any atom is -0.343 e. The topological polar surface area (TPSA) is 0 Å². The fourth-order valence-electron chi connectivity index (χ4n) is 1.17. The second kappa shape index (κ2) is 7.22. The zero-order valence-corrected chi connectivity index (χ0v) is 13.1. The molecule has 0 saturated heterocycles. The van der Waals surface area contributed by atoms with Gasteiger partial charge in [0.15, 0.2) is 0 Å². The van der Waals surface area contributed by atoms with Gasteiger partial charge in [-0.15, -0.1) is 0 Å². The van der Waals surface area contributed by atoms with Gasteiger partial charge >= 0.3 is 12.4 Å². The van der Waals surface area contributed by atoms with E-state index in [-0.39, 0.29) is 37.5 Å². The molecule has 0 atom stereocenters. The van der Waals surface area contributed by atoms with Crippen molar-refractivity contribution in [1.82, 2.24) is 0 Å². The largest absolute Gasteiger partial charge is 0.431 e. The molecule has 0 aromatic heterocycles. The Morgan fingerprint density at radius 3 is 1.41 bits per heavy atom. The maximum Gasteiger partial charge on any atom is 0.431 e. The molecule has 0 amide bonds. The van der Waals surface area contributed by atoms with E-state index in [2.05, 4.69) is 6.92 Å².